The Morgan fingerprint density at radius 2 is 1.94 bits per heavy atom. The summed E-state index contributed by atoms with van der Waals surface area (Å²) in [5.74, 6) is -1.81. The number of rotatable bonds is 5. The Balaban J connectivity index is 2.54. The van der Waals surface area contributed by atoms with E-state index in [2.05, 4.69) is 5.32 Å². The maximum atomic E-state index is 12.6. The van der Waals surface area contributed by atoms with Gasteiger partial charge in [0.25, 0.3) is 0 Å². The molecule has 17 heavy (non-hydrogen) atoms. The topological polar surface area (TPSA) is 66.4 Å². The highest BCUT2D eigenvalue weighted by Crippen LogP contribution is 2.04. The molecule has 1 aromatic rings. The lowest BCUT2D eigenvalue weighted by Gasteiger charge is -2.12. The lowest BCUT2D eigenvalue weighted by atomic mass is 10.1. The lowest BCUT2D eigenvalue weighted by Crippen LogP contribution is -2.40. The highest BCUT2D eigenvalue weighted by Gasteiger charge is 2.17. The summed E-state index contributed by atoms with van der Waals surface area (Å²) in [5, 5.41) is 11.2. The molecule has 5 heteroatoms. The van der Waals surface area contributed by atoms with E-state index in [0.29, 0.717) is 12.0 Å². The second-order valence-corrected chi connectivity index (χ2v) is 3.67. The Hall–Kier alpha value is -1.91. The summed E-state index contributed by atoms with van der Waals surface area (Å²) in [6.45, 7) is 1.68. The molecule has 0 fully saturated rings. The van der Waals surface area contributed by atoms with Gasteiger partial charge >= 0.3 is 5.97 Å². The Morgan fingerprint density at radius 1 is 1.35 bits per heavy atom. The molecule has 0 saturated heterocycles. The van der Waals surface area contributed by atoms with E-state index in [9.17, 15) is 14.0 Å². The van der Waals surface area contributed by atoms with E-state index in [1.807, 2.05) is 0 Å². The molecule has 0 aliphatic rings. The van der Waals surface area contributed by atoms with Crippen LogP contribution < -0.4 is 5.32 Å². The van der Waals surface area contributed by atoms with Gasteiger partial charge in [-0.3, -0.25) is 4.79 Å². The number of hydrogen-bond donors (Lipinski definition) is 2. The van der Waals surface area contributed by atoms with Crippen LogP contribution in [0.1, 0.15) is 18.9 Å². The minimum atomic E-state index is -1.06. The zero-order valence-electron chi connectivity index (χ0n) is 9.44. The third-order valence-corrected chi connectivity index (χ3v) is 2.32. The quantitative estimate of drug-likeness (QED) is 0.815. The largest absolute Gasteiger partial charge is 0.480 e. The maximum absolute atomic E-state index is 12.6. The van der Waals surface area contributed by atoms with Crippen molar-refractivity contribution in [1.29, 1.82) is 0 Å². The average Bonchev–Trinajstić information content (AvgIpc) is 2.28. The molecule has 0 saturated carbocycles. The van der Waals surface area contributed by atoms with Crippen LogP contribution >= 0.6 is 0 Å². The Labute approximate surface area is 98.5 Å². The van der Waals surface area contributed by atoms with Crippen molar-refractivity contribution in [2.45, 2.75) is 25.8 Å². The Kier molecular flexibility index (Phi) is 4.63. The van der Waals surface area contributed by atoms with Gasteiger partial charge in [-0.15, -0.1) is 0 Å². The van der Waals surface area contributed by atoms with Crippen LogP contribution in [0, 0.1) is 5.82 Å². The fourth-order valence-electron chi connectivity index (χ4n) is 1.37. The molecule has 0 aliphatic heterocycles. The van der Waals surface area contributed by atoms with E-state index in [4.69, 9.17) is 5.11 Å². The summed E-state index contributed by atoms with van der Waals surface area (Å²) < 4.78 is 12.6. The van der Waals surface area contributed by atoms with Crippen LogP contribution in [0.25, 0.3) is 0 Å². The van der Waals surface area contributed by atoms with Crippen molar-refractivity contribution in [1.82, 2.24) is 5.32 Å². The van der Waals surface area contributed by atoms with E-state index in [0.717, 1.165) is 0 Å². The van der Waals surface area contributed by atoms with Gasteiger partial charge in [0.15, 0.2) is 0 Å². The van der Waals surface area contributed by atoms with E-state index in [-0.39, 0.29) is 18.1 Å². The zero-order valence-corrected chi connectivity index (χ0v) is 9.44. The van der Waals surface area contributed by atoms with Gasteiger partial charge in [0, 0.05) is 0 Å². The number of carboxylic acids is 1. The second kappa shape index (κ2) is 5.98. The SMILES string of the molecule is CC[C@H](NC(=O)Cc1ccc(F)cc1)C(=O)O. The Bertz CT molecular complexity index is 403. The van der Waals surface area contributed by atoms with E-state index >= 15 is 0 Å². The van der Waals surface area contributed by atoms with Crippen molar-refractivity contribution in [2.24, 2.45) is 0 Å². The number of amides is 1. The summed E-state index contributed by atoms with van der Waals surface area (Å²) >= 11 is 0. The smallest absolute Gasteiger partial charge is 0.326 e. The van der Waals surface area contributed by atoms with Gasteiger partial charge in [-0.1, -0.05) is 19.1 Å². The molecule has 0 bridgehead atoms. The number of aliphatic carboxylic acids is 1. The van der Waals surface area contributed by atoms with E-state index in [1.54, 1.807) is 6.92 Å². The van der Waals surface area contributed by atoms with Crippen molar-refractivity contribution in [3.05, 3.63) is 35.6 Å². The van der Waals surface area contributed by atoms with Crippen LogP contribution in [0.4, 0.5) is 4.39 Å². The number of carbonyl (C=O) groups excluding carboxylic acids is 1. The summed E-state index contributed by atoms with van der Waals surface area (Å²) in [7, 11) is 0. The number of nitrogens with one attached hydrogen (secondary N) is 1. The predicted molar refractivity (Wildman–Crippen MR) is 60.0 cm³/mol. The monoisotopic (exact) mass is 239 g/mol. The molecular formula is C12H14FNO3. The average molecular weight is 239 g/mol. The van der Waals surface area contributed by atoms with Crippen molar-refractivity contribution in [2.75, 3.05) is 0 Å². The molecule has 0 aliphatic carbocycles. The van der Waals surface area contributed by atoms with E-state index < -0.39 is 12.0 Å². The van der Waals surface area contributed by atoms with Gasteiger partial charge in [-0.05, 0) is 24.1 Å². The first kappa shape index (κ1) is 13.2. The summed E-state index contributed by atoms with van der Waals surface area (Å²) in [5.41, 5.74) is 0.643. The molecule has 0 aromatic heterocycles. The molecule has 0 spiro atoms. The fraction of sp³-hybridized carbons (Fsp3) is 0.333. The molecular weight excluding hydrogens is 225 g/mol. The second-order valence-electron chi connectivity index (χ2n) is 3.67. The molecule has 1 rings (SSSR count). The van der Waals surface area contributed by atoms with E-state index in [1.165, 1.54) is 24.3 Å². The maximum Gasteiger partial charge on any atom is 0.326 e. The highest BCUT2D eigenvalue weighted by molar-refractivity contribution is 5.84. The first-order valence-corrected chi connectivity index (χ1v) is 5.29. The van der Waals surface area contributed by atoms with Gasteiger partial charge in [0.05, 0.1) is 6.42 Å². The predicted octanol–water partition coefficient (Wildman–Crippen LogP) is 1.35. The van der Waals surface area contributed by atoms with Crippen molar-refractivity contribution in [3.63, 3.8) is 0 Å². The van der Waals surface area contributed by atoms with Gasteiger partial charge in [-0.2, -0.15) is 0 Å². The molecule has 92 valence electrons. The van der Waals surface area contributed by atoms with Gasteiger partial charge < -0.3 is 10.4 Å². The minimum Gasteiger partial charge on any atom is -0.480 e. The Morgan fingerprint density at radius 3 is 2.41 bits per heavy atom. The van der Waals surface area contributed by atoms with Crippen LogP contribution in [-0.4, -0.2) is 23.0 Å². The molecule has 4 nitrogen and oxygen atoms in total. The standard InChI is InChI=1S/C12H14FNO3/c1-2-10(12(16)17)14-11(15)7-8-3-5-9(13)6-4-8/h3-6,10H,2,7H2,1H3,(H,14,15)(H,16,17)/t10-/m0/s1. The van der Waals surface area contributed by atoms with Gasteiger partial charge in [0.2, 0.25) is 5.91 Å². The van der Waals surface area contributed by atoms with Gasteiger partial charge in [-0.25, -0.2) is 9.18 Å². The van der Waals surface area contributed by atoms with Gasteiger partial charge in [0.1, 0.15) is 11.9 Å². The molecule has 1 aromatic carbocycles. The molecule has 0 heterocycles. The van der Waals surface area contributed by atoms with Crippen LogP contribution in [0.2, 0.25) is 0 Å². The van der Waals surface area contributed by atoms with Crippen LogP contribution in [0.3, 0.4) is 0 Å². The summed E-state index contributed by atoms with van der Waals surface area (Å²) in [6.07, 6.45) is 0.370. The van der Waals surface area contributed by atoms with Crippen molar-refractivity contribution in [3.8, 4) is 0 Å². The zero-order chi connectivity index (χ0) is 12.8. The number of hydrogen-bond acceptors (Lipinski definition) is 2. The minimum absolute atomic E-state index is 0.0457. The van der Waals surface area contributed by atoms with Crippen LogP contribution in [-0.2, 0) is 16.0 Å². The first-order valence-electron chi connectivity index (χ1n) is 5.29. The third-order valence-electron chi connectivity index (χ3n) is 2.32. The van der Waals surface area contributed by atoms with Crippen molar-refractivity contribution < 1.29 is 19.1 Å². The lowest BCUT2D eigenvalue weighted by molar-refractivity contribution is -0.141. The summed E-state index contributed by atoms with van der Waals surface area (Å²) in [4.78, 5) is 22.2. The van der Waals surface area contributed by atoms with Crippen LogP contribution in [0.5, 0.6) is 0 Å². The first-order chi connectivity index (χ1) is 8.02. The highest BCUT2D eigenvalue weighted by atomic mass is 19.1. The molecule has 1 atom stereocenters. The molecule has 0 radical (unpaired) electrons. The number of halogens is 1. The third kappa shape index (κ3) is 4.22. The van der Waals surface area contributed by atoms with Crippen molar-refractivity contribution >= 4 is 11.9 Å². The number of carboxylic acid groups (broad SMARTS) is 1. The molecule has 1 amide bonds. The fourth-order valence-corrected chi connectivity index (χ4v) is 1.37. The molecule has 2 N–H and O–H groups in total. The number of carbonyl (C=O) groups is 2. The molecule has 0 unspecified atom stereocenters. The normalized spacial score (nSPS) is 11.9. The number of benzene rings is 1. The van der Waals surface area contributed by atoms with Crippen LogP contribution in [0.15, 0.2) is 24.3 Å². The summed E-state index contributed by atoms with van der Waals surface area (Å²) in [6, 6.07) is 4.64.